The molecule has 0 heterocycles. The Labute approximate surface area is 123 Å². The van der Waals surface area contributed by atoms with Crippen LogP contribution >= 0.6 is 0 Å². The number of carbonyl (C=O) groups is 2. The first-order valence-corrected chi connectivity index (χ1v) is 6.54. The van der Waals surface area contributed by atoms with Crippen molar-refractivity contribution in [2.24, 2.45) is 0 Å². The summed E-state index contributed by atoms with van der Waals surface area (Å²) in [7, 11) is 0. The Balaban J connectivity index is 1.86. The van der Waals surface area contributed by atoms with E-state index in [9.17, 15) is 9.59 Å². The molecule has 0 atom stereocenters. The Kier molecular flexibility index (Phi) is 4.72. The van der Waals surface area contributed by atoms with E-state index in [0.717, 1.165) is 0 Å². The Morgan fingerprint density at radius 3 is 1.33 bits per heavy atom. The average Bonchev–Trinajstić information content (AvgIpc) is 2.48. The molecular formula is C17H16O4. The van der Waals surface area contributed by atoms with E-state index in [1.807, 2.05) is 0 Å². The molecule has 4 heteroatoms. The lowest BCUT2D eigenvalue weighted by atomic mass is 10.1. The number of ketones is 2. The Bertz CT molecular complexity index is 569. The molecule has 4 nitrogen and oxygen atoms in total. The van der Waals surface area contributed by atoms with Crippen molar-refractivity contribution in [3.05, 3.63) is 59.7 Å². The standard InChI is InChI=1S/C17H16O4/c1-12(18)14-3-7-16(8-4-14)20-11-21-17-9-5-15(6-10-17)13(2)19/h3-10H,11H2,1-2H3. The number of Topliss-reactive ketones (excluding diaryl/α,β-unsaturated/α-hetero) is 2. The highest BCUT2D eigenvalue weighted by Gasteiger charge is 2.01. The molecule has 0 aliphatic heterocycles. The van der Waals surface area contributed by atoms with Crippen molar-refractivity contribution < 1.29 is 19.1 Å². The zero-order valence-corrected chi connectivity index (χ0v) is 12.0. The summed E-state index contributed by atoms with van der Waals surface area (Å²) in [5.41, 5.74) is 1.28. The van der Waals surface area contributed by atoms with E-state index in [2.05, 4.69) is 0 Å². The van der Waals surface area contributed by atoms with Gasteiger partial charge in [-0.1, -0.05) is 0 Å². The first kappa shape index (κ1) is 14.8. The van der Waals surface area contributed by atoms with Crippen LogP contribution in [0.5, 0.6) is 11.5 Å². The molecule has 0 saturated carbocycles. The fraction of sp³-hybridized carbons (Fsp3) is 0.176. The molecule has 0 aliphatic carbocycles. The topological polar surface area (TPSA) is 52.6 Å². The molecule has 0 fully saturated rings. The molecule has 108 valence electrons. The van der Waals surface area contributed by atoms with Gasteiger partial charge in [0.2, 0.25) is 6.79 Å². The predicted molar refractivity (Wildman–Crippen MR) is 79.0 cm³/mol. The Morgan fingerprint density at radius 1 is 0.714 bits per heavy atom. The summed E-state index contributed by atoms with van der Waals surface area (Å²) in [5.74, 6) is 1.28. The number of hydrogen-bond acceptors (Lipinski definition) is 4. The van der Waals surface area contributed by atoms with E-state index < -0.39 is 0 Å². The van der Waals surface area contributed by atoms with Crippen molar-refractivity contribution in [3.63, 3.8) is 0 Å². The van der Waals surface area contributed by atoms with Gasteiger partial charge in [-0.3, -0.25) is 9.59 Å². The van der Waals surface area contributed by atoms with Crippen LogP contribution in [0.2, 0.25) is 0 Å². The summed E-state index contributed by atoms with van der Waals surface area (Å²) in [6, 6.07) is 13.7. The Hall–Kier alpha value is -2.62. The molecule has 0 unspecified atom stereocenters. The van der Waals surface area contributed by atoms with Crippen molar-refractivity contribution in [2.75, 3.05) is 6.79 Å². The van der Waals surface area contributed by atoms with E-state index in [0.29, 0.717) is 22.6 Å². The van der Waals surface area contributed by atoms with Gasteiger partial charge in [-0.2, -0.15) is 0 Å². The second-order valence-corrected chi connectivity index (χ2v) is 4.57. The van der Waals surface area contributed by atoms with Crippen molar-refractivity contribution in [2.45, 2.75) is 13.8 Å². The highest BCUT2D eigenvalue weighted by molar-refractivity contribution is 5.94. The van der Waals surface area contributed by atoms with Crippen LogP contribution in [0.1, 0.15) is 34.6 Å². The number of hydrogen-bond donors (Lipinski definition) is 0. The quantitative estimate of drug-likeness (QED) is 0.601. The van der Waals surface area contributed by atoms with Crippen LogP contribution in [-0.2, 0) is 0 Å². The van der Waals surface area contributed by atoms with Gasteiger partial charge in [0.05, 0.1) is 0 Å². The highest BCUT2D eigenvalue weighted by Crippen LogP contribution is 2.15. The summed E-state index contributed by atoms with van der Waals surface area (Å²) in [4.78, 5) is 22.3. The minimum atomic E-state index is 0.0170. The lowest BCUT2D eigenvalue weighted by Gasteiger charge is -2.09. The molecule has 0 aromatic heterocycles. The third kappa shape index (κ3) is 4.18. The second-order valence-electron chi connectivity index (χ2n) is 4.57. The van der Waals surface area contributed by atoms with Crippen LogP contribution in [0, 0.1) is 0 Å². The van der Waals surface area contributed by atoms with E-state index in [1.165, 1.54) is 13.8 Å². The SMILES string of the molecule is CC(=O)c1ccc(OCOc2ccc(C(C)=O)cc2)cc1. The number of rotatable bonds is 6. The first-order valence-electron chi connectivity index (χ1n) is 6.54. The molecule has 2 rings (SSSR count). The third-order valence-corrected chi connectivity index (χ3v) is 2.97. The summed E-state index contributed by atoms with van der Waals surface area (Å²) >= 11 is 0. The predicted octanol–water partition coefficient (Wildman–Crippen LogP) is 3.51. The first-order chi connectivity index (χ1) is 10.1. The van der Waals surface area contributed by atoms with Crippen LogP contribution in [-0.4, -0.2) is 18.4 Å². The van der Waals surface area contributed by atoms with Gasteiger partial charge in [0, 0.05) is 11.1 Å². The molecule has 0 amide bonds. The van der Waals surface area contributed by atoms with Crippen molar-refractivity contribution >= 4 is 11.6 Å². The highest BCUT2D eigenvalue weighted by atomic mass is 16.7. The van der Waals surface area contributed by atoms with Crippen LogP contribution in [0.3, 0.4) is 0 Å². The second kappa shape index (κ2) is 6.70. The molecule has 0 bridgehead atoms. The van der Waals surface area contributed by atoms with Crippen LogP contribution < -0.4 is 9.47 Å². The summed E-state index contributed by atoms with van der Waals surface area (Å²) in [6.45, 7) is 3.09. The maximum atomic E-state index is 11.1. The normalized spacial score (nSPS) is 10.0. The molecule has 0 N–H and O–H groups in total. The molecule has 21 heavy (non-hydrogen) atoms. The van der Waals surface area contributed by atoms with Crippen molar-refractivity contribution in [1.82, 2.24) is 0 Å². The maximum Gasteiger partial charge on any atom is 0.230 e. The smallest absolute Gasteiger partial charge is 0.230 e. The van der Waals surface area contributed by atoms with Gasteiger partial charge in [-0.25, -0.2) is 0 Å². The van der Waals surface area contributed by atoms with E-state index in [4.69, 9.17) is 9.47 Å². The fourth-order valence-electron chi connectivity index (χ4n) is 1.74. The fourth-order valence-corrected chi connectivity index (χ4v) is 1.74. The summed E-state index contributed by atoms with van der Waals surface area (Å²) < 4.78 is 10.8. The zero-order valence-electron chi connectivity index (χ0n) is 12.0. The molecule has 0 spiro atoms. The van der Waals surface area contributed by atoms with Crippen LogP contribution in [0.25, 0.3) is 0 Å². The Morgan fingerprint density at radius 2 is 1.05 bits per heavy atom. The van der Waals surface area contributed by atoms with Crippen molar-refractivity contribution in [1.29, 1.82) is 0 Å². The van der Waals surface area contributed by atoms with E-state index >= 15 is 0 Å². The van der Waals surface area contributed by atoms with Gasteiger partial charge in [0.25, 0.3) is 0 Å². The van der Waals surface area contributed by atoms with E-state index in [1.54, 1.807) is 48.5 Å². The molecular weight excluding hydrogens is 268 g/mol. The van der Waals surface area contributed by atoms with Gasteiger partial charge in [-0.15, -0.1) is 0 Å². The summed E-state index contributed by atoms with van der Waals surface area (Å²) in [6.07, 6.45) is 0. The van der Waals surface area contributed by atoms with Crippen LogP contribution in [0.4, 0.5) is 0 Å². The average molecular weight is 284 g/mol. The van der Waals surface area contributed by atoms with Gasteiger partial charge in [0.15, 0.2) is 11.6 Å². The number of ether oxygens (including phenoxy) is 2. The van der Waals surface area contributed by atoms with Gasteiger partial charge >= 0.3 is 0 Å². The monoisotopic (exact) mass is 284 g/mol. The molecule has 0 radical (unpaired) electrons. The molecule has 2 aromatic rings. The molecule has 2 aromatic carbocycles. The molecule has 0 aliphatic rings. The summed E-state index contributed by atoms with van der Waals surface area (Å²) in [5, 5.41) is 0. The van der Waals surface area contributed by atoms with Gasteiger partial charge in [0.1, 0.15) is 11.5 Å². The van der Waals surface area contributed by atoms with E-state index in [-0.39, 0.29) is 18.4 Å². The largest absolute Gasteiger partial charge is 0.458 e. The van der Waals surface area contributed by atoms with Crippen LogP contribution in [0.15, 0.2) is 48.5 Å². The molecule has 0 saturated heterocycles. The zero-order chi connectivity index (χ0) is 15.2. The minimum absolute atomic E-state index is 0.0170. The maximum absolute atomic E-state index is 11.1. The third-order valence-electron chi connectivity index (χ3n) is 2.97. The van der Waals surface area contributed by atoms with Gasteiger partial charge in [-0.05, 0) is 62.4 Å². The lowest BCUT2D eigenvalue weighted by Crippen LogP contribution is -2.06. The van der Waals surface area contributed by atoms with Gasteiger partial charge < -0.3 is 9.47 Å². The number of carbonyl (C=O) groups excluding carboxylic acids is 2. The number of benzene rings is 2. The lowest BCUT2D eigenvalue weighted by molar-refractivity contribution is 0.100. The van der Waals surface area contributed by atoms with Crippen molar-refractivity contribution in [3.8, 4) is 11.5 Å². The minimum Gasteiger partial charge on any atom is -0.458 e.